The Labute approximate surface area is 198 Å². The quantitative estimate of drug-likeness (QED) is 0.474. The van der Waals surface area contributed by atoms with Gasteiger partial charge in [-0.05, 0) is 36.6 Å². The highest BCUT2D eigenvalue weighted by Crippen LogP contribution is 2.37. The Bertz CT molecular complexity index is 1080. The number of aromatic nitrogens is 1. The third-order valence-corrected chi connectivity index (χ3v) is 6.11. The number of rotatable bonds is 8. The molecule has 1 fully saturated rings. The Morgan fingerprint density at radius 1 is 1.15 bits per heavy atom. The van der Waals surface area contributed by atoms with Gasteiger partial charge in [-0.15, -0.1) is 0 Å². The van der Waals surface area contributed by atoms with Gasteiger partial charge in [0.25, 0.3) is 5.91 Å². The number of halogens is 1. The molecule has 0 spiro atoms. The van der Waals surface area contributed by atoms with Crippen molar-refractivity contribution in [2.75, 3.05) is 33.9 Å². The van der Waals surface area contributed by atoms with Gasteiger partial charge in [0.05, 0.1) is 26.3 Å². The lowest BCUT2D eigenvalue weighted by atomic mass is 9.98. The zero-order valence-corrected chi connectivity index (χ0v) is 19.5. The first-order valence-corrected chi connectivity index (χ1v) is 11.3. The fourth-order valence-electron chi connectivity index (χ4n) is 4.01. The number of methoxy groups -OCH3 is 2. The van der Waals surface area contributed by atoms with E-state index in [0.717, 1.165) is 24.2 Å². The number of piperidine rings is 1. The molecule has 0 radical (unpaired) electrons. The van der Waals surface area contributed by atoms with Crippen LogP contribution < -0.4 is 14.2 Å². The number of nitrogens with zero attached hydrogens (tertiary/aromatic N) is 2. The average molecular weight is 471 g/mol. The number of ether oxygens (including phenoxy) is 3. The van der Waals surface area contributed by atoms with Crippen LogP contribution in [0.5, 0.6) is 17.2 Å². The van der Waals surface area contributed by atoms with Crippen LogP contribution in [0.4, 0.5) is 0 Å². The zero-order valence-electron chi connectivity index (χ0n) is 18.8. The largest absolute Gasteiger partial charge is 0.493 e. The minimum Gasteiger partial charge on any atom is -0.493 e. The monoisotopic (exact) mass is 470 g/mol. The van der Waals surface area contributed by atoms with Gasteiger partial charge in [-0.2, -0.15) is 0 Å². The molecule has 1 aliphatic heterocycles. The van der Waals surface area contributed by atoms with Gasteiger partial charge in [0.2, 0.25) is 5.75 Å². The van der Waals surface area contributed by atoms with Gasteiger partial charge < -0.3 is 23.5 Å². The summed E-state index contributed by atoms with van der Waals surface area (Å²) in [4.78, 5) is 19.2. The second-order valence-corrected chi connectivity index (χ2v) is 8.30. The predicted molar refractivity (Wildman–Crippen MR) is 124 cm³/mol. The normalized spacial score (nSPS) is 15.8. The number of likely N-dealkylation sites (tertiary alicyclic amines) is 1. The minimum atomic E-state index is -0.104. The molecule has 1 atom stereocenters. The summed E-state index contributed by atoms with van der Waals surface area (Å²) in [7, 11) is 3.10. The van der Waals surface area contributed by atoms with Gasteiger partial charge in [0.15, 0.2) is 24.0 Å². The Hall–Kier alpha value is -3.19. The first kappa shape index (κ1) is 23.0. The van der Waals surface area contributed by atoms with Crippen molar-refractivity contribution in [1.82, 2.24) is 9.88 Å². The molecule has 3 aromatic rings. The van der Waals surface area contributed by atoms with Crippen LogP contribution in [0.1, 0.15) is 36.0 Å². The van der Waals surface area contributed by atoms with Crippen molar-refractivity contribution in [2.24, 2.45) is 0 Å². The highest BCUT2D eigenvalue weighted by Gasteiger charge is 2.28. The molecule has 0 aliphatic carbocycles. The van der Waals surface area contributed by atoms with E-state index in [1.807, 2.05) is 24.3 Å². The average Bonchev–Trinajstić information content (AvgIpc) is 3.32. The maximum absolute atomic E-state index is 12.9. The summed E-state index contributed by atoms with van der Waals surface area (Å²) < 4.78 is 22.5. The Balaban J connectivity index is 1.38. The van der Waals surface area contributed by atoms with E-state index in [-0.39, 0.29) is 18.4 Å². The molecule has 2 heterocycles. The predicted octanol–water partition coefficient (Wildman–Crippen LogP) is 4.72. The van der Waals surface area contributed by atoms with Gasteiger partial charge in [-0.1, -0.05) is 35.9 Å². The van der Waals surface area contributed by atoms with E-state index in [9.17, 15) is 4.79 Å². The van der Waals surface area contributed by atoms with Crippen LogP contribution in [0, 0.1) is 0 Å². The molecule has 1 amide bonds. The summed E-state index contributed by atoms with van der Waals surface area (Å²) >= 11 is 6.26. The smallest absolute Gasteiger partial charge is 0.260 e. The number of hydrogen-bond donors (Lipinski definition) is 0. The van der Waals surface area contributed by atoms with Crippen LogP contribution in [0.3, 0.4) is 0 Å². The van der Waals surface area contributed by atoms with Crippen molar-refractivity contribution >= 4 is 17.5 Å². The summed E-state index contributed by atoms with van der Waals surface area (Å²) in [5.41, 5.74) is 0.992. The molecule has 4 rings (SSSR count). The second kappa shape index (κ2) is 10.6. The second-order valence-electron chi connectivity index (χ2n) is 7.89. The first-order valence-electron chi connectivity index (χ1n) is 10.9. The number of hydrogen-bond acceptors (Lipinski definition) is 6. The highest BCUT2D eigenvalue weighted by atomic mass is 35.5. The molecule has 0 bridgehead atoms. The van der Waals surface area contributed by atoms with Crippen LogP contribution in [0.25, 0.3) is 0 Å². The molecule has 33 heavy (non-hydrogen) atoms. The summed E-state index contributed by atoms with van der Waals surface area (Å²) in [5, 5.41) is 0.705. The summed E-state index contributed by atoms with van der Waals surface area (Å²) in [5.74, 6) is 2.81. The molecule has 174 valence electrons. The van der Waals surface area contributed by atoms with Crippen LogP contribution in [0.15, 0.2) is 53.1 Å². The molecule has 1 saturated heterocycles. The van der Waals surface area contributed by atoms with E-state index in [2.05, 4.69) is 4.98 Å². The van der Waals surface area contributed by atoms with E-state index >= 15 is 0 Å². The number of benzene rings is 2. The highest BCUT2D eigenvalue weighted by molar-refractivity contribution is 6.31. The lowest BCUT2D eigenvalue weighted by Crippen LogP contribution is -2.41. The van der Waals surface area contributed by atoms with Gasteiger partial charge >= 0.3 is 0 Å². The van der Waals surface area contributed by atoms with Gasteiger partial charge in [-0.3, -0.25) is 4.79 Å². The van der Waals surface area contributed by atoms with Crippen molar-refractivity contribution in [3.05, 3.63) is 70.9 Å². The maximum Gasteiger partial charge on any atom is 0.260 e. The van der Waals surface area contributed by atoms with Crippen molar-refractivity contribution in [3.8, 4) is 17.2 Å². The van der Waals surface area contributed by atoms with E-state index in [1.165, 1.54) is 0 Å². The number of carbonyl (C=O) groups excluding carboxylic acids is 1. The minimum absolute atomic E-state index is 0.0449. The van der Waals surface area contributed by atoms with E-state index in [1.54, 1.807) is 43.5 Å². The molecule has 1 aromatic heterocycles. The number of carbonyl (C=O) groups is 1. The first-order chi connectivity index (χ1) is 16.1. The van der Waals surface area contributed by atoms with Crippen molar-refractivity contribution in [2.45, 2.75) is 25.2 Å². The summed E-state index contributed by atoms with van der Waals surface area (Å²) in [6.45, 7) is 1.11. The maximum atomic E-state index is 12.9. The number of amides is 1. The van der Waals surface area contributed by atoms with Gasteiger partial charge in [0, 0.05) is 24.5 Å². The molecule has 8 heteroatoms. The third-order valence-electron chi connectivity index (χ3n) is 5.74. The van der Waals surface area contributed by atoms with Crippen molar-refractivity contribution in [1.29, 1.82) is 0 Å². The van der Waals surface area contributed by atoms with Crippen molar-refractivity contribution < 1.29 is 23.4 Å². The van der Waals surface area contributed by atoms with Gasteiger partial charge in [-0.25, -0.2) is 4.98 Å². The molecular formula is C25H27ClN2O5. The Kier molecular flexibility index (Phi) is 7.40. The number of oxazole rings is 1. The SMILES string of the molecule is COc1cccc(OC)c1OCC(=O)N1CCC[C@@H](c2ncc(Cc3ccccc3Cl)o2)C1. The lowest BCUT2D eigenvalue weighted by Gasteiger charge is -2.31. The molecule has 2 aromatic carbocycles. The summed E-state index contributed by atoms with van der Waals surface area (Å²) in [6.07, 6.45) is 4.11. The third kappa shape index (κ3) is 5.42. The van der Waals surface area contributed by atoms with Crippen LogP contribution in [0.2, 0.25) is 5.02 Å². The molecule has 0 saturated carbocycles. The van der Waals surface area contributed by atoms with E-state index in [4.69, 9.17) is 30.2 Å². The van der Waals surface area contributed by atoms with E-state index in [0.29, 0.717) is 47.7 Å². The van der Waals surface area contributed by atoms with Crippen molar-refractivity contribution in [3.63, 3.8) is 0 Å². The summed E-state index contributed by atoms with van der Waals surface area (Å²) in [6, 6.07) is 13.0. The molecule has 1 aliphatic rings. The fraction of sp³-hybridized carbons (Fsp3) is 0.360. The molecule has 7 nitrogen and oxygen atoms in total. The lowest BCUT2D eigenvalue weighted by molar-refractivity contribution is -0.134. The van der Waals surface area contributed by atoms with Crippen LogP contribution >= 0.6 is 11.6 Å². The Morgan fingerprint density at radius 3 is 2.64 bits per heavy atom. The fourth-order valence-corrected chi connectivity index (χ4v) is 4.21. The van der Waals surface area contributed by atoms with E-state index < -0.39 is 0 Å². The standard InChI is InChI=1S/C25H27ClN2O5/c1-30-21-10-5-11-22(31-2)24(21)32-16-23(29)28-12-6-8-18(15-28)25-27-14-19(33-25)13-17-7-3-4-9-20(17)26/h3-5,7,9-11,14,18H,6,8,12-13,15-16H2,1-2H3/t18-/m1/s1. The molecule has 0 unspecified atom stereocenters. The zero-order chi connectivity index (χ0) is 23.2. The molecule has 0 N–H and O–H groups in total. The van der Waals surface area contributed by atoms with Gasteiger partial charge in [0.1, 0.15) is 5.76 Å². The number of para-hydroxylation sites is 1. The molecular weight excluding hydrogens is 444 g/mol. The topological polar surface area (TPSA) is 74.0 Å². The van der Waals surface area contributed by atoms with Crippen LogP contribution in [-0.4, -0.2) is 49.7 Å². The van der Waals surface area contributed by atoms with Crippen LogP contribution in [-0.2, 0) is 11.2 Å². The Morgan fingerprint density at radius 2 is 1.91 bits per heavy atom.